The van der Waals surface area contributed by atoms with Crippen LogP contribution in [-0.2, 0) is 4.74 Å². The average molecular weight is 245 g/mol. The molecule has 0 aromatic heterocycles. The van der Waals surface area contributed by atoms with Gasteiger partial charge in [-0.1, -0.05) is 6.92 Å². The van der Waals surface area contributed by atoms with Crippen molar-refractivity contribution in [1.29, 1.82) is 0 Å². The molecule has 0 amide bonds. The molecule has 0 spiro atoms. The first kappa shape index (κ1) is 16.8. The summed E-state index contributed by atoms with van der Waals surface area (Å²) in [6.45, 7) is 10.7. The Hall–Kier alpha value is -0.160. The molecule has 1 N–H and O–H groups in total. The quantitative estimate of drug-likeness (QED) is 0.547. The standard InChI is InChI=1S/C13H31N3O/c1-6-13(2)16(11-12-17-5)10-8-14-7-9-15(3)4/h13-14H,6-12H2,1-5H3. The lowest BCUT2D eigenvalue weighted by Crippen LogP contribution is -2.41. The van der Waals surface area contributed by atoms with Crippen molar-refractivity contribution in [3.05, 3.63) is 0 Å². The topological polar surface area (TPSA) is 27.7 Å². The summed E-state index contributed by atoms with van der Waals surface area (Å²) >= 11 is 0. The van der Waals surface area contributed by atoms with E-state index in [9.17, 15) is 0 Å². The molecule has 0 rings (SSSR count). The third-order valence-corrected chi connectivity index (χ3v) is 3.11. The summed E-state index contributed by atoms with van der Waals surface area (Å²) in [5, 5.41) is 3.48. The molecule has 0 aliphatic rings. The fourth-order valence-electron chi connectivity index (χ4n) is 1.67. The molecule has 4 heteroatoms. The summed E-state index contributed by atoms with van der Waals surface area (Å²) in [5.41, 5.74) is 0. The van der Waals surface area contributed by atoms with Gasteiger partial charge < -0.3 is 15.0 Å². The predicted octanol–water partition coefficient (Wildman–Crippen LogP) is 0.885. The second kappa shape index (κ2) is 11.0. The van der Waals surface area contributed by atoms with E-state index < -0.39 is 0 Å². The molecule has 0 radical (unpaired) electrons. The van der Waals surface area contributed by atoms with Gasteiger partial charge >= 0.3 is 0 Å². The lowest BCUT2D eigenvalue weighted by atomic mass is 10.2. The summed E-state index contributed by atoms with van der Waals surface area (Å²) in [7, 11) is 5.97. The molecule has 0 fully saturated rings. The molecule has 0 bridgehead atoms. The molecule has 0 aliphatic carbocycles. The first-order valence-electron chi connectivity index (χ1n) is 6.70. The van der Waals surface area contributed by atoms with E-state index in [0.29, 0.717) is 6.04 Å². The smallest absolute Gasteiger partial charge is 0.0589 e. The fourth-order valence-corrected chi connectivity index (χ4v) is 1.67. The van der Waals surface area contributed by atoms with Crippen LogP contribution < -0.4 is 5.32 Å². The summed E-state index contributed by atoms with van der Waals surface area (Å²) in [6.07, 6.45) is 1.20. The van der Waals surface area contributed by atoms with Gasteiger partial charge in [0.2, 0.25) is 0 Å². The van der Waals surface area contributed by atoms with E-state index >= 15 is 0 Å². The van der Waals surface area contributed by atoms with Gasteiger partial charge in [0.05, 0.1) is 6.61 Å². The van der Waals surface area contributed by atoms with Crippen LogP contribution in [0.5, 0.6) is 0 Å². The van der Waals surface area contributed by atoms with Crippen molar-refractivity contribution in [2.75, 3.05) is 60.5 Å². The highest BCUT2D eigenvalue weighted by atomic mass is 16.5. The van der Waals surface area contributed by atoms with E-state index in [-0.39, 0.29) is 0 Å². The van der Waals surface area contributed by atoms with Crippen molar-refractivity contribution in [2.24, 2.45) is 0 Å². The number of methoxy groups -OCH3 is 1. The van der Waals surface area contributed by atoms with E-state index in [1.807, 2.05) is 0 Å². The summed E-state index contributed by atoms with van der Waals surface area (Å²) in [4.78, 5) is 4.69. The molecule has 17 heavy (non-hydrogen) atoms. The van der Waals surface area contributed by atoms with Crippen molar-refractivity contribution in [3.8, 4) is 0 Å². The largest absolute Gasteiger partial charge is 0.383 e. The molecule has 0 heterocycles. The second-order valence-corrected chi connectivity index (χ2v) is 4.84. The van der Waals surface area contributed by atoms with Crippen molar-refractivity contribution in [2.45, 2.75) is 26.3 Å². The molecule has 104 valence electrons. The number of hydrogen-bond donors (Lipinski definition) is 1. The molecule has 0 aromatic carbocycles. The molecule has 0 aromatic rings. The van der Waals surface area contributed by atoms with Crippen LogP contribution in [0.3, 0.4) is 0 Å². The first-order valence-corrected chi connectivity index (χ1v) is 6.70. The van der Waals surface area contributed by atoms with E-state index in [0.717, 1.165) is 39.3 Å². The summed E-state index contributed by atoms with van der Waals surface area (Å²) in [6, 6.07) is 0.640. The van der Waals surface area contributed by atoms with Crippen molar-refractivity contribution in [1.82, 2.24) is 15.1 Å². The van der Waals surface area contributed by atoms with Gasteiger partial charge in [0, 0.05) is 45.9 Å². The van der Waals surface area contributed by atoms with E-state index in [2.05, 4.69) is 43.1 Å². The highest BCUT2D eigenvalue weighted by Gasteiger charge is 2.10. The lowest BCUT2D eigenvalue weighted by Gasteiger charge is -2.28. The normalized spacial score (nSPS) is 13.6. The maximum atomic E-state index is 5.16. The van der Waals surface area contributed by atoms with Gasteiger partial charge in [0.15, 0.2) is 0 Å². The molecule has 0 aliphatic heterocycles. The number of ether oxygens (including phenoxy) is 1. The fraction of sp³-hybridized carbons (Fsp3) is 1.00. The minimum atomic E-state index is 0.640. The van der Waals surface area contributed by atoms with E-state index in [1.54, 1.807) is 7.11 Å². The average Bonchev–Trinajstić information content (AvgIpc) is 2.31. The molecule has 1 atom stereocenters. The summed E-state index contributed by atoms with van der Waals surface area (Å²) in [5.74, 6) is 0. The zero-order valence-electron chi connectivity index (χ0n) is 12.3. The zero-order valence-corrected chi connectivity index (χ0v) is 12.3. The predicted molar refractivity (Wildman–Crippen MR) is 74.6 cm³/mol. The minimum absolute atomic E-state index is 0.640. The monoisotopic (exact) mass is 245 g/mol. The highest BCUT2D eigenvalue weighted by molar-refractivity contribution is 4.67. The van der Waals surface area contributed by atoms with E-state index in [4.69, 9.17) is 4.74 Å². The Balaban J connectivity index is 3.67. The van der Waals surface area contributed by atoms with Gasteiger partial charge in [0.25, 0.3) is 0 Å². The van der Waals surface area contributed by atoms with Gasteiger partial charge in [-0.25, -0.2) is 0 Å². The van der Waals surface area contributed by atoms with Gasteiger partial charge in [0.1, 0.15) is 0 Å². The Morgan fingerprint density at radius 2 is 1.76 bits per heavy atom. The third-order valence-electron chi connectivity index (χ3n) is 3.11. The van der Waals surface area contributed by atoms with Crippen LogP contribution in [0.15, 0.2) is 0 Å². The SMILES string of the molecule is CCC(C)N(CCNCCN(C)C)CCOC. The van der Waals surface area contributed by atoms with Gasteiger partial charge in [-0.15, -0.1) is 0 Å². The Kier molecular flexibility index (Phi) is 10.9. The molecular weight excluding hydrogens is 214 g/mol. The number of likely N-dealkylation sites (N-methyl/N-ethyl adjacent to an activating group) is 1. The Labute approximate surface area is 107 Å². The van der Waals surface area contributed by atoms with Crippen LogP contribution in [0.4, 0.5) is 0 Å². The Bertz CT molecular complexity index is 165. The minimum Gasteiger partial charge on any atom is -0.383 e. The van der Waals surface area contributed by atoms with Crippen LogP contribution in [0.2, 0.25) is 0 Å². The van der Waals surface area contributed by atoms with Crippen LogP contribution in [0, 0.1) is 0 Å². The molecule has 0 saturated heterocycles. The Morgan fingerprint density at radius 1 is 1.12 bits per heavy atom. The van der Waals surface area contributed by atoms with E-state index in [1.165, 1.54) is 6.42 Å². The van der Waals surface area contributed by atoms with Crippen molar-refractivity contribution < 1.29 is 4.74 Å². The van der Waals surface area contributed by atoms with Crippen LogP contribution in [0.1, 0.15) is 20.3 Å². The lowest BCUT2D eigenvalue weighted by molar-refractivity contribution is 0.123. The van der Waals surface area contributed by atoms with Crippen molar-refractivity contribution >= 4 is 0 Å². The highest BCUT2D eigenvalue weighted by Crippen LogP contribution is 2.01. The number of nitrogens with one attached hydrogen (secondary N) is 1. The third kappa shape index (κ3) is 9.53. The van der Waals surface area contributed by atoms with Crippen LogP contribution >= 0.6 is 0 Å². The first-order chi connectivity index (χ1) is 8.11. The van der Waals surface area contributed by atoms with Gasteiger partial charge in [-0.05, 0) is 27.4 Å². The number of hydrogen-bond acceptors (Lipinski definition) is 4. The number of rotatable bonds is 11. The van der Waals surface area contributed by atoms with Gasteiger partial charge in [-0.3, -0.25) is 4.90 Å². The molecular formula is C13H31N3O. The maximum Gasteiger partial charge on any atom is 0.0589 e. The number of nitrogens with zero attached hydrogens (tertiary/aromatic N) is 2. The molecule has 4 nitrogen and oxygen atoms in total. The summed E-state index contributed by atoms with van der Waals surface area (Å²) < 4.78 is 5.16. The van der Waals surface area contributed by atoms with Crippen LogP contribution in [-0.4, -0.2) is 76.4 Å². The second-order valence-electron chi connectivity index (χ2n) is 4.84. The van der Waals surface area contributed by atoms with Gasteiger partial charge in [-0.2, -0.15) is 0 Å². The van der Waals surface area contributed by atoms with Crippen LogP contribution in [0.25, 0.3) is 0 Å². The zero-order chi connectivity index (χ0) is 13.1. The van der Waals surface area contributed by atoms with Crippen molar-refractivity contribution in [3.63, 3.8) is 0 Å². The Morgan fingerprint density at radius 3 is 2.29 bits per heavy atom. The maximum absolute atomic E-state index is 5.16. The molecule has 0 saturated carbocycles. The molecule has 1 unspecified atom stereocenters.